The van der Waals surface area contributed by atoms with Crippen LogP contribution in [0.15, 0.2) is 18.3 Å². The maximum Gasteiger partial charge on any atom is 0.141 e. The number of aromatic nitrogens is 1. The van der Waals surface area contributed by atoms with Crippen LogP contribution in [0.1, 0.15) is 51.3 Å². The summed E-state index contributed by atoms with van der Waals surface area (Å²) in [6.45, 7) is 6.17. The number of piperidine rings is 1. The molecule has 2 rings (SSSR count). The van der Waals surface area contributed by atoms with E-state index in [1.165, 1.54) is 31.5 Å². The first kappa shape index (κ1) is 15.4. The average Bonchev–Trinajstić information content (AvgIpc) is 2.50. The minimum Gasteiger partial charge on any atom is -0.329 e. The first-order chi connectivity index (χ1) is 9.69. The Morgan fingerprint density at radius 3 is 2.80 bits per heavy atom. The van der Waals surface area contributed by atoms with Crippen molar-refractivity contribution < 1.29 is 4.39 Å². The standard InChI is InChI=1S/C16H26FN3/c1-3-12-7-8-20(14(9-12)10-18)16(4-2)15-6-5-13(17)11-19-15/h5-6,11-12,14,16H,3-4,7-10,18H2,1-2H3. The van der Waals surface area contributed by atoms with E-state index in [1.807, 2.05) is 6.07 Å². The van der Waals surface area contributed by atoms with Crippen LogP contribution < -0.4 is 5.73 Å². The molecule has 0 bridgehead atoms. The number of nitrogens with zero attached hydrogens (tertiary/aromatic N) is 2. The molecule has 1 aliphatic heterocycles. The van der Waals surface area contributed by atoms with Crippen molar-refractivity contribution in [1.29, 1.82) is 0 Å². The number of rotatable bonds is 5. The van der Waals surface area contributed by atoms with E-state index in [0.717, 1.165) is 24.6 Å². The first-order valence-corrected chi connectivity index (χ1v) is 7.76. The molecule has 0 saturated carbocycles. The number of likely N-dealkylation sites (tertiary alicyclic amines) is 1. The molecule has 112 valence electrons. The SMILES string of the molecule is CCC1CCN(C(CC)c2ccc(F)cn2)C(CN)C1. The highest BCUT2D eigenvalue weighted by atomic mass is 19.1. The lowest BCUT2D eigenvalue weighted by atomic mass is 9.87. The average molecular weight is 279 g/mol. The lowest BCUT2D eigenvalue weighted by molar-refractivity contribution is 0.0658. The Bertz CT molecular complexity index is 407. The molecule has 1 aromatic heterocycles. The highest BCUT2D eigenvalue weighted by molar-refractivity contribution is 5.11. The van der Waals surface area contributed by atoms with Crippen molar-refractivity contribution in [3.63, 3.8) is 0 Å². The monoisotopic (exact) mass is 279 g/mol. The molecule has 2 heterocycles. The van der Waals surface area contributed by atoms with Gasteiger partial charge in [-0.25, -0.2) is 4.39 Å². The topological polar surface area (TPSA) is 42.2 Å². The van der Waals surface area contributed by atoms with Gasteiger partial charge in [-0.2, -0.15) is 0 Å². The molecule has 2 N–H and O–H groups in total. The van der Waals surface area contributed by atoms with Gasteiger partial charge in [0.15, 0.2) is 0 Å². The molecule has 4 heteroatoms. The minimum absolute atomic E-state index is 0.252. The molecule has 1 aromatic rings. The Morgan fingerprint density at radius 2 is 2.25 bits per heavy atom. The number of pyridine rings is 1. The lowest BCUT2D eigenvalue weighted by Gasteiger charge is -2.43. The van der Waals surface area contributed by atoms with Crippen molar-refractivity contribution in [3.8, 4) is 0 Å². The zero-order valence-corrected chi connectivity index (χ0v) is 12.6. The van der Waals surface area contributed by atoms with E-state index in [0.29, 0.717) is 12.6 Å². The van der Waals surface area contributed by atoms with E-state index in [2.05, 4.69) is 23.7 Å². The van der Waals surface area contributed by atoms with E-state index in [9.17, 15) is 4.39 Å². The third-order valence-corrected chi connectivity index (χ3v) is 4.60. The number of halogens is 1. The quantitative estimate of drug-likeness (QED) is 0.900. The van der Waals surface area contributed by atoms with Crippen molar-refractivity contribution in [2.45, 2.75) is 51.6 Å². The van der Waals surface area contributed by atoms with Gasteiger partial charge in [0.1, 0.15) is 5.82 Å². The van der Waals surface area contributed by atoms with Gasteiger partial charge in [-0.1, -0.05) is 20.3 Å². The molecule has 0 radical (unpaired) electrons. The Kier molecular flexibility index (Phi) is 5.49. The summed E-state index contributed by atoms with van der Waals surface area (Å²) in [4.78, 5) is 6.75. The Balaban J connectivity index is 2.15. The molecule has 3 nitrogen and oxygen atoms in total. The summed E-state index contributed by atoms with van der Waals surface area (Å²) in [5.74, 6) is 0.516. The molecule has 0 spiro atoms. The summed E-state index contributed by atoms with van der Waals surface area (Å²) >= 11 is 0. The van der Waals surface area contributed by atoms with Gasteiger partial charge in [-0.15, -0.1) is 0 Å². The maximum atomic E-state index is 13.0. The molecule has 0 amide bonds. The molecule has 1 aliphatic rings. The van der Waals surface area contributed by atoms with Crippen molar-refractivity contribution in [2.75, 3.05) is 13.1 Å². The zero-order valence-electron chi connectivity index (χ0n) is 12.6. The normalized spacial score (nSPS) is 25.6. The molecule has 1 saturated heterocycles. The number of hydrogen-bond donors (Lipinski definition) is 1. The van der Waals surface area contributed by atoms with Crippen LogP contribution in [0.25, 0.3) is 0 Å². The van der Waals surface area contributed by atoms with Crippen LogP contribution in [-0.2, 0) is 0 Å². The highest BCUT2D eigenvalue weighted by Gasteiger charge is 2.32. The van der Waals surface area contributed by atoms with Gasteiger partial charge in [-0.05, 0) is 43.9 Å². The third-order valence-electron chi connectivity index (χ3n) is 4.60. The van der Waals surface area contributed by atoms with Crippen molar-refractivity contribution in [2.24, 2.45) is 11.7 Å². The number of nitrogens with two attached hydrogens (primary N) is 1. The maximum absolute atomic E-state index is 13.0. The van der Waals surface area contributed by atoms with Gasteiger partial charge in [0, 0.05) is 12.6 Å². The smallest absolute Gasteiger partial charge is 0.141 e. The minimum atomic E-state index is -0.274. The molecule has 1 fully saturated rings. The fourth-order valence-corrected chi connectivity index (χ4v) is 3.36. The van der Waals surface area contributed by atoms with Gasteiger partial charge in [0.2, 0.25) is 0 Å². The zero-order chi connectivity index (χ0) is 14.5. The van der Waals surface area contributed by atoms with Crippen LogP contribution in [0.3, 0.4) is 0 Å². The van der Waals surface area contributed by atoms with Crippen molar-refractivity contribution in [1.82, 2.24) is 9.88 Å². The molecule has 20 heavy (non-hydrogen) atoms. The Morgan fingerprint density at radius 1 is 1.45 bits per heavy atom. The van der Waals surface area contributed by atoms with E-state index in [4.69, 9.17) is 5.73 Å². The van der Waals surface area contributed by atoms with Gasteiger partial charge < -0.3 is 5.73 Å². The molecular formula is C16H26FN3. The first-order valence-electron chi connectivity index (χ1n) is 7.76. The number of hydrogen-bond acceptors (Lipinski definition) is 3. The second kappa shape index (κ2) is 7.14. The Labute approximate surface area is 121 Å². The Hall–Kier alpha value is -1.00. The van der Waals surface area contributed by atoms with Gasteiger partial charge in [-0.3, -0.25) is 9.88 Å². The van der Waals surface area contributed by atoms with Gasteiger partial charge in [0.05, 0.1) is 17.9 Å². The summed E-state index contributed by atoms with van der Waals surface area (Å²) in [7, 11) is 0. The molecule has 0 aliphatic carbocycles. The third kappa shape index (κ3) is 3.36. The predicted octanol–water partition coefficient (Wildman–Crippen LogP) is 3.12. The molecule has 3 atom stereocenters. The van der Waals surface area contributed by atoms with E-state index >= 15 is 0 Å². The fraction of sp³-hybridized carbons (Fsp3) is 0.688. The van der Waals surface area contributed by atoms with Crippen molar-refractivity contribution in [3.05, 3.63) is 29.8 Å². The van der Waals surface area contributed by atoms with Crippen LogP contribution in [0.2, 0.25) is 0 Å². The van der Waals surface area contributed by atoms with E-state index in [-0.39, 0.29) is 11.9 Å². The van der Waals surface area contributed by atoms with Crippen LogP contribution in [0.4, 0.5) is 4.39 Å². The molecule has 3 unspecified atom stereocenters. The van der Waals surface area contributed by atoms with Crippen molar-refractivity contribution >= 4 is 0 Å². The summed E-state index contributed by atoms with van der Waals surface area (Å²) in [5, 5.41) is 0. The van der Waals surface area contributed by atoms with Gasteiger partial charge in [0.25, 0.3) is 0 Å². The summed E-state index contributed by atoms with van der Waals surface area (Å²) in [6, 6.07) is 3.98. The second-order valence-electron chi connectivity index (χ2n) is 5.75. The highest BCUT2D eigenvalue weighted by Crippen LogP contribution is 2.33. The molecular weight excluding hydrogens is 253 g/mol. The van der Waals surface area contributed by atoms with E-state index in [1.54, 1.807) is 0 Å². The van der Waals surface area contributed by atoms with Crippen LogP contribution in [-0.4, -0.2) is 29.0 Å². The van der Waals surface area contributed by atoms with Gasteiger partial charge >= 0.3 is 0 Å². The summed E-state index contributed by atoms with van der Waals surface area (Å²) in [6.07, 6.45) is 5.92. The van der Waals surface area contributed by atoms with Crippen LogP contribution in [0.5, 0.6) is 0 Å². The summed E-state index contributed by atoms with van der Waals surface area (Å²) in [5.41, 5.74) is 6.94. The van der Waals surface area contributed by atoms with E-state index < -0.39 is 0 Å². The van der Waals surface area contributed by atoms with Crippen LogP contribution in [0, 0.1) is 11.7 Å². The lowest BCUT2D eigenvalue weighted by Crippen LogP contribution is -2.48. The second-order valence-corrected chi connectivity index (χ2v) is 5.75. The largest absolute Gasteiger partial charge is 0.329 e. The summed E-state index contributed by atoms with van der Waals surface area (Å²) < 4.78 is 13.0. The molecule has 0 aromatic carbocycles. The van der Waals surface area contributed by atoms with Crippen LogP contribution >= 0.6 is 0 Å². The fourth-order valence-electron chi connectivity index (χ4n) is 3.36. The predicted molar refractivity (Wildman–Crippen MR) is 79.8 cm³/mol.